The van der Waals surface area contributed by atoms with Crippen LogP contribution in [-0.4, -0.2) is 37.4 Å². The number of carboxylic acid groups (broad SMARTS) is 1. The number of benzene rings is 1. The van der Waals surface area contributed by atoms with Crippen molar-refractivity contribution >= 4 is 28.4 Å². The van der Waals surface area contributed by atoms with Gasteiger partial charge in [0.15, 0.2) is 5.65 Å². The van der Waals surface area contributed by atoms with Crippen molar-refractivity contribution in [1.29, 1.82) is 0 Å². The number of rotatable bonds is 4. The first-order chi connectivity index (χ1) is 16.0. The summed E-state index contributed by atoms with van der Waals surface area (Å²) in [5, 5.41) is 12.6. The first-order valence-electron chi connectivity index (χ1n) is 10.9. The Kier molecular flexibility index (Phi) is 5.34. The normalized spacial score (nSPS) is 18.3. The minimum Gasteiger partial charge on any atom is -0.481 e. The summed E-state index contributed by atoms with van der Waals surface area (Å²) < 4.78 is 1.40. The molecule has 3 heterocycles. The summed E-state index contributed by atoms with van der Waals surface area (Å²) in [7, 11) is 0. The molecule has 8 heteroatoms. The Hall–Kier alpha value is -4.07. The molecule has 4 aromatic rings. The number of nitrogens with one attached hydrogen (secondary N) is 1. The van der Waals surface area contributed by atoms with Gasteiger partial charge in [-0.2, -0.15) is 0 Å². The molecule has 1 aromatic carbocycles. The van der Waals surface area contributed by atoms with Crippen molar-refractivity contribution in [3.05, 3.63) is 77.0 Å². The molecule has 1 aliphatic rings. The molecule has 1 amide bonds. The molecule has 0 radical (unpaired) electrons. The van der Waals surface area contributed by atoms with E-state index in [1.807, 2.05) is 18.2 Å². The van der Waals surface area contributed by atoms with Crippen LogP contribution in [0.1, 0.15) is 36.0 Å². The maximum atomic E-state index is 13.3. The van der Waals surface area contributed by atoms with Crippen molar-refractivity contribution in [2.75, 3.05) is 0 Å². The average Bonchev–Trinajstić information content (AvgIpc) is 2.84. The van der Waals surface area contributed by atoms with Crippen molar-refractivity contribution in [1.82, 2.24) is 19.7 Å². The van der Waals surface area contributed by atoms with Crippen molar-refractivity contribution < 1.29 is 14.7 Å². The molecule has 0 spiro atoms. The van der Waals surface area contributed by atoms with Crippen LogP contribution in [-0.2, 0) is 4.79 Å². The summed E-state index contributed by atoms with van der Waals surface area (Å²) in [5.74, 6) is -1.44. The van der Waals surface area contributed by atoms with E-state index in [1.165, 1.54) is 4.40 Å². The van der Waals surface area contributed by atoms with E-state index >= 15 is 0 Å². The zero-order valence-corrected chi connectivity index (χ0v) is 17.8. The van der Waals surface area contributed by atoms with E-state index in [9.17, 15) is 14.4 Å². The van der Waals surface area contributed by atoms with Crippen molar-refractivity contribution in [3.63, 3.8) is 0 Å². The van der Waals surface area contributed by atoms with E-state index in [2.05, 4.69) is 15.3 Å². The molecule has 0 bridgehead atoms. The molecule has 0 saturated heterocycles. The fourth-order valence-corrected chi connectivity index (χ4v) is 4.48. The quantitative estimate of drug-likeness (QED) is 0.469. The molecule has 8 nitrogen and oxygen atoms in total. The van der Waals surface area contributed by atoms with Crippen molar-refractivity contribution in [3.8, 4) is 11.1 Å². The van der Waals surface area contributed by atoms with E-state index < -0.39 is 5.97 Å². The predicted octanol–water partition coefficient (Wildman–Crippen LogP) is 3.28. The number of carbonyl (C=O) groups excluding carboxylic acids is 1. The van der Waals surface area contributed by atoms with Crippen molar-refractivity contribution in [2.45, 2.75) is 31.7 Å². The van der Waals surface area contributed by atoms with Gasteiger partial charge in [0.25, 0.3) is 11.5 Å². The Morgan fingerprint density at radius 3 is 2.48 bits per heavy atom. The fraction of sp³-hybridized carbons (Fsp3) is 0.240. The van der Waals surface area contributed by atoms with E-state index in [1.54, 1.807) is 42.9 Å². The number of nitrogens with zero attached hydrogens (tertiary/aromatic N) is 3. The molecule has 166 valence electrons. The summed E-state index contributed by atoms with van der Waals surface area (Å²) in [5.41, 5.74) is 2.71. The lowest BCUT2D eigenvalue weighted by Crippen LogP contribution is -2.39. The highest BCUT2D eigenvalue weighted by molar-refractivity contribution is 6.01. The number of hydrogen-bond donors (Lipinski definition) is 2. The maximum Gasteiger partial charge on any atom is 0.306 e. The van der Waals surface area contributed by atoms with Crippen molar-refractivity contribution in [2.24, 2.45) is 5.92 Å². The molecule has 2 N–H and O–H groups in total. The van der Waals surface area contributed by atoms with Gasteiger partial charge in [0.1, 0.15) is 0 Å². The van der Waals surface area contributed by atoms with Crippen LogP contribution in [0, 0.1) is 5.92 Å². The SMILES string of the molecule is O=C(N[C@H]1CC[C@H](C(=O)O)CC1)c1cccn2c(=O)c3cc(-c4ccncc4)ccc3nc12. The Morgan fingerprint density at radius 1 is 1.00 bits per heavy atom. The minimum absolute atomic E-state index is 0.0940. The van der Waals surface area contributed by atoms with Gasteiger partial charge in [0.05, 0.1) is 22.4 Å². The number of carboxylic acids is 1. The number of aliphatic carboxylic acids is 1. The van der Waals surface area contributed by atoms with Gasteiger partial charge in [0, 0.05) is 24.6 Å². The third-order valence-electron chi connectivity index (χ3n) is 6.31. The number of fused-ring (bicyclic) bond motifs is 2. The summed E-state index contributed by atoms with van der Waals surface area (Å²) in [6.07, 6.45) is 7.31. The molecule has 33 heavy (non-hydrogen) atoms. The highest BCUT2D eigenvalue weighted by Crippen LogP contribution is 2.25. The zero-order chi connectivity index (χ0) is 22.9. The van der Waals surface area contributed by atoms with Crippen LogP contribution < -0.4 is 10.9 Å². The molecule has 0 atom stereocenters. The lowest BCUT2D eigenvalue weighted by Gasteiger charge is -2.26. The molecular weight excluding hydrogens is 420 g/mol. The topological polar surface area (TPSA) is 114 Å². The van der Waals surface area contributed by atoms with Crippen LogP contribution in [0.5, 0.6) is 0 Å². The summed E-state index contributed by atoms with van der Waals surface area (Å²) in [6.45, 7) is 0. The summed E-state index contributed by atoms with van der Waals surface area (Å²) in [6, 6.07) is 12.4. The van der Waals surface area contributed by atoms with Gasteiger partial charge in [-0.25, -0.2) is 4.98 Å². The van der Waals surface area contributed by atoms with Gasteiger partial charge in [-0.15, -0.1) is 0 Å². The fourth-order valence-electron chi connectivity index (χ4n) is 4.48. The standard InChI is InChI=1S/C25H22N4O4/c30-23(27-18-6-3-16(4-7-18)25(32)33)19-2-1-13-29-22(19)28-21-8-5-17(14-20(21)24(29)31)15-9-11-26-12-10-15/h1-2,5,8-14,16,18H,3-4,6-7H2,(H,27,30)(H,32,33)/t16-,18-. The number of amides is 1. The molecule has 5 rings (SSSR count). The predicted molar refractivity (Wildman–Crippen MR) is 123 cm³/mol. The zero-order valence-electron chi connectivity index (χ0n) is 17.8. The van der Waals surface area contributed by atoms with E-state index in [0.717, 1.165) is 11.1 Å². The number of carbonyl (C=O) groups is 2. The smallest absolute Gasteiger partial charge is 0.306 e. The van der Waals surface area contributed by atoms with Gasteiger partial charge >= 0.3 is 5.97 Å². The maximum absolute atomic E-state index is 13.3. The molecular formula is C25H22N4O4. The molecule has 0 aliphatic heterocycles. The monoisotopic (exact) mass is 442 g/mol. The van der Waals surface area contributed by atoms with Crippen LogP contribution in [0.15, 0.2) is 65.8 Å². The summed E-state index contributed by atoms with van der Waals surface area (Å²) >= 11 is 0. The van der Waals surface area contributed by atoms with Crippen LogP contribution in [0.25, 0.3) is 27.7 Å². The lowest BCUT2D eigenvalue weighted by atomic mass is 9.86. The molecule has 1 aliphatic carbocycles. The van der Waals surface area contributed by atoms with Gasteiger partial charge < -0.3 is 10.4 Å². The Morgan fingerprint density at radius 2 is 1.76 bits per heavy atom. The van der Waals surface area contributed by atoms with Gasteiger partial charge in [-0.1, -0.05) is 6.07 Å². The van der Waals surface area contributed by atoms with E-state index in [0.29, 0.717) is 47.8 Å². The highest BCUT2D eigenvalue weighted by atomic mass is 16.4. The van der Waals surface area contributed by atoms with Crippen LogP contribution in [0.2, 0.25) is 0 Å². The second-order valence-corrected chi connectivity index (χ2v) is 8.36. The third-order valence-corrected chi connectivity index (χ3v) is 6.31. The van der Waals surface area contributed by atoms with E-state index in [4.69, 9.17) is 5.11 Å². The molecule has 0 unspecified atom stereocenters. The van der Waals surface area contributed by atoms with Gasteiger partial charge in [0.2, 0.25) is 0 Å². The molecule has 3 aromatic heterocycles. The third kappa shape index (κ3) is 3.95. The minimum atomic E-state index is -0.781. The second-order valence-electron chi connectivity index (χ2n) is 8.36. The summed E-state index contributed by atoms with van der Waals surface area (Å²) in [4.78, 5) is 46.1. The van der Waals surface area contributed by atoms with Crippen LogP contribution in [0.4, 0.5) is 0 Å². The van der Waals surface area contributed by atoms with E-state index in [-0.39, 0.29) is 23.4 Å². The first kappa shape index (κ1) is 20.8. The van der Waals surface area contributed by atoms with Gasteiger partial charge in [-0.05, 0) is 73.2 Å². The molecule has 1 fully saturated rings. The Labute approximate surface area is 188 Å². The lowest BCUT2D eigenvalue weighted by molar-refractivity contribution is -0.142. The largest absolute Gasteiger partial charge is 0.481 e. The molecule has 1 saturated carbocycles. The van der Waals surface area contributed by atoms with Gasteiger partial charge in [-0.3, -0.25) is 23.8 Å². The van der Waals surface area contributed by atoms with Crippen LogP contribution in [0.3, 0.4) is 0 Å². The number of hydrogen-bond acceptors (Lipinski definition) is 5. The average molecular weight is 442 g/mol. The Balaban J connectivity index is 1.49. The highest BCUT2D eigenvalue weighted by Gasteiger charge is 2.27. The Bertz CT molecular complexity index is 1420. The second kappa shape index (κ2) is 8.46. The number of aromatic nitrogens is 3. The van der Waals surface area contributed by atoms with Crippen LogP contribution >= 0.6 is 0 Å². The first-order valence-corrected chi connectivity index (χ1v) is 10.9. The number of pyridine rings is 2.